The van der Waals surface area contributed by atoms with Gasteiger partial charge in [0.15, 0.2) is 0 Å². The number of amides is 1. The standard InChI is InChI=1S/C19H16Cl2N2O2/c20-14-9-15(21)11-16(10-14)23-18(24)12-22-19(17-7-4-8-25-17)13-5-2-1-3-6-13/h1-11,19,22H,12H2,(H,23,24)/t19-/m0/s1. The summed E-state index contributed by atoms with van der Waals surface area (Å²) in [7, 11) is 0. The number of hydrogen-bond acceptors (Lipinski definition) is 3. The summed E-state index contributed by atoms with van der Waals surface area (Å²) in [5.41, 5.74) is 1.56. The van der Waals surface area contributed by atoms with Crippen molar-refractivity contribution in [3.05, 3.63) is 88.3 Å². The Morgan fingerprint density at radius 3 is 2.36 bits per heavy atom. The van der Waals surface area contributed by atoms with Gasteiger partial charge in [0.25, 0.3) is 0 Å². The number of rotatable bonds is 6. The maximum absolute atomic E-state index is 12.3. The minimum Gasteiger partial charge on any atom is -0.467 e. The van der Waals surface area contributed by atoms with Crippen LogP contribution in [0.4, 0.5) is 5.69 Å². The molecule has 0 bridgehead atoms. The third kappa shape index (κ3) is 4.86. The highest BCUT2D eigenvalue weighted by atomic mass is 35.5. The van der Waals surface area contributed by atoms with E-state index in [0.29, 0.717) is 15.7 Å². The smallest absolute Gasteiger partial charge is 0.238 e. The van der Waals surface area contributed by atoms with Crippen molar-refractivity contribution in [1.29, 1.82) is 0 Å². The first-order valence-electron chi connectivity index (χ1n) is 7.69. The Balaban J connectivity index is 1.68. The minimum atomic E-state index is -0.218. The lowest BCUT2D eigenvalue weighted by atomic mass is 10.0. The van der Waals surface area contributed by atoms with Gasteiger partial charge >= 0.3 is 0 Å². The maximum atomic E-state index is 12.3. The molecule has 0 radical (unpaired) electrons. The molecule has 2 N–H and O–H groups in total. The zero-order valence-electron chi connectivity index (χ0n) is 13.2. The molecule has 3 aromatic rings. The zero-order valence-corrected chi connectivity index (χ0v) is 14.7. The molecule has 0 aliphatic heterocycles. The second kappa shape index (κ2) is 8.21. The Kier molecular flexibility index (Phi) is 5.76. The number of carbonyl (C=O) groups excluding carboxylic acids is 1. The molecule has 4 nitrogen and oxygen atoms in total. The number of hydrogen-bond donors (Lipinski definition) is 2. The number of benzene rings is 2. The Labute approximate surface area is 155 Å². The predicted molar refractivity (Wildman–Crippen MR) is 100 cm³/mol. The van der Waals surface area contributed by atoms with Gasteiger partial charge in [-0.15, -0.1) is 0 Å². The van der Waals surface area contributed by atoms with Crippen LogP contribution in [0.3, 0.4) is 0 Å². The van der Waals surface area contributed by atoms with Crippen LogP contribution in [-0.2, 0) is 4.79 Å². The van der Waals surface area contributed by atoms with Gasteiger partial charge in [0.1, 0.15) is 5.76 Å². The normalized spacial score (nSPS) is 11.9. The highest BCUT2D eigenvalue weighted by molar-refractivity contribution is 6.35. The van der Waals surface area contributed by atoms with Crippen LogP contribution in [0.1, 0.15) is 17.4 Å². The fourth-order valence-corrected chi connectivity index (χ4v) is 3.04. The molecule has 128 valence electrons. The third-order valence-corrected chi connectivity index (χ3v) is 4.01. The fourth-order valence-electron chi connectivity index (χ4n) is 2.51. The van der Waals surface area contributed by atoms with Gasteiger partial charge in [0.2, 0.25) is 5.91 Å². The molecular formula is C19H16Cl2N2O2. The van der Waals surface area contributed by atoms with Gasteiger partial charge in [-0.05, 0) is 35.9 Å². The lowest BCUT2D eigenvalue weighted by Crippen LogP contribution is -2.31. The molecule has 6 heteroatoms. The Morgan fingerprint density at radius 2 is 1.72 bits per heavy atom. The molecule has 0 spiro atoms. The van der Waals surface area contributed by atoms with Gasteiger partial charge in [0, 0.05) is 15.7 Å². The van der Waals surface area contributed by atoms with E-state index in [1.807, 2.05) is 42.5 Å². The van der Waals surface area contributed by atoms with E-state index in [-0.39, 0.29) is 18.5 Å². The lowest BCUT2D eigenvalue weighted by Gasteiger charge is -2.17. The van der Waals surface area contributed by atoms with Gasteiger partial charge in [0.05, 0.1) is 18.8 Å². The summed E-state index contributed by atoms with van der Waals surface area (Å²) in [5, 5.41) is 6.92. The molecule has 1 atom stereocenters. The zero-order chi connectivity index (χ0) is 17.6. The molecule has 0 aliphatic carbocycles. The number of furan rings is 1. The second-order valence-corrected chi connectivity index (χ2v) is 6.32. The molecule has 0 saturated carbocycles. The van der Waals surface area contributed by atoms with Crippen LogP contribution in [0.5, 0.6) is 0 Å². The molecule has 1 heterocycles. The Bertz CT molecular complexity index is 816. The van der Waals surface area contributed by atoms with Crippen molar-refractivity contribution >= 4 is 34.8 Å². The Morgan fingerprint density at radius 1 is 1.00 bits per heavy atom. The van der Waals surface area contributed by atoms with Crippen molar-refractivity contribution in [2.75, 3.05) is 11.9 Å². The van der Waals surface area contributed by atoms with Crippen molar-refractivity contribution in [2.45, 2.75) is 6.04 Å². The maximum Gasteiger partial charge on any atom is 0.238 e. The molecule has 3 rings (SSSR count). The second-order valence-electron chi connectivity index (χ2n) is 5.45. The van der Waals surface area contributed by atoms with E-state index in [9.17, 15) is 4.79 Å². The van der Waals surface area contributed by atoms with Crippen LogP contribution < -0.4 is 10.6 Å². The minimum absolute atomic E-state index is 0.102. The number of carbonyl (C=O) groups is 1. The SMILES string of the molecule is O=C(CN[C@@H](c1ccccc1)c1ccco1)Nc1cc(Cl)cc(Cl)c1. The predicted octanol–water partition coefficient (Wildman–Crippen LogP) is 4.90. The van der Waals surface area contributed by atoms with Crippen molar-refractivity contribution < 1.29 is 9.21 Å². The number of anilines is 1. The molecule has 0 fully saturated rings. The molecule has 0 unspecified atom stereocenters. The van der Waals surface area contributed by atoms with Crippen LogP contribution in [0.2, 0.25) is 10.0 Å². The van der Waals surface area contributed by atoms with Crippen LogP contribution in [0.15, 0.2) is 71.3 Å². The van der Waals surface area contributed by atoms with Crippen molar-refractivity contribution in [2.24, 2.45) is 0 Å². The average Bonchev–Trinajstić information content (AvgIpc) is 3.09. The number of nitrogens with one attached hydrogen (secondary N) is 2. The monoisotopic (exact) mass is 374 g/mol. The first kappa shape index (κ1) is 17.5. The topological polar surface area (TPSA) is 54.3 Å². The molecule has 0 aliphatic rings. The highest BCUT2D eigenvalue weighted by Crippen LogP contribution is 2.23. The third-order valence-electron chi connectivity index (χ3n) is 3.57. The van der Waals surface area contributed by atoms with Gasteiger partial charge in [-0.1, -0.05) is 53.5 Å². The fraction of sp³-hybridized carbons (Fsp3) is 0.105. The van der Waals surface area contributed by atoms with Gasteiger partial charge in [-0.3, -0.25) is 10.1 Å². The summed E-state index contributed by atoms with van der Waals surface area (Å²) in [4.78, 5) is 12.3. The van der Waals surface area contributed by atoms with E-state index in [2.05, 4.69) is 10.6 Å². The number of halogens is 2. The van der Waals surface area contributed by atoms with Crippen molar-refractivity contribution in [3.63, 3.8) is 0 Å². The lowest BCUT2D eigenvalue weighted by molar-refractivity contribution is -0.115. The van der Waals surface area contributed by atoms with E-state index >= 15 is 0 Å². The summed E-state index contributed by atoms with van der Waals surface area (Å²) in [6, 6.07) is 18.2. The molecule has 1 aromatic heterocycles. The largest absolute Gasteiger partial charge is 0.467 e. The average molecular weight is 375 g/mol. The van der Waals surface area contributed by atoms with E-state index in [1.54, 1.807) is 24.5 Å². The quantitative estimate of drug-likeness (QED) is 0.644. The first-order chi connectivity index (χ1) is 12.1. The summed E-state index contributed by atoms with van der Waals surface area (Å²) in [5.74, 6) is 0.538. The summed E-state index contributed by atoms with van der Waals surface area (Å²) >= 11 is 11.9. The summed E-state index contributed by atoms with van der Waals surface area (Å²) < 4.78 is 5.50. The molecule has 25 heavy (non-hydrogen) atoms. The van der Waals surface area contributed by atoms with E-state index in [1.165, 1.54) is 0 Å². The van der Waals surface area contributed by atoms with E-state index in [0.717, 1.165) is 11.3 Å². The van der Waals surface area contributed by atoms with Crippen LogP contribution in [0.25, 0.3) is 0 Å². The molecule has 1 amide bonds. The van der Waals surface area contributed by atoms with Crippen LogP contribution >= 0.6 is 23.2 Å². The molecule has 2 aromatic carbocycles. The van der Waals surface area contributed by atoms with Gasteiger partial charge < -0.3 is 9.73 Å². The van der Waals surface area contributed by atoms with Gasteiger partial charge in [-0.25, -0.2) is 0 Å². The summed E-state index contributed by atoms with van der Waals surface area (Å²) in [6.45, 7) is 0.102. The van der Waals surface area contributed by atoms with Crippen molar-refractivity contribution in [3.8, 4) is 0 Å². The van der Waals surface area contributed by atoms with Crippen LogP contribution in [0, 0.1) is 0 Å². The van der Waals surface area contributed by atoms with Crippen LogP contribution in [-0.4, -0.2) is 12.5 Å². The Hall–Kier alpha value is -2.27. The van der Waals surface area contributed by atoms with E-state index in [4.69, 9.17) is 27.6 Å². The molecular weight excluding hydrogens is 359 g/mol. The summed E-state index contributed by atoms with van der Waals surface area (Å²) in [6.07, 6.45) is 1.61. The first-order valence-corrected chi connectivity index (χ1v) is 8.45. The van der Waals surface area contributed by atoms with Crippen molar-refractivity contribution in [1.82, 2.24) is 5.32 Å². The van der Waals surface area contributed by atoms with E-state index < -0.39 is 0 Å². The highest BCUT2D eigenvalue weighted by Gasteiger charge is 2.17. The molecule has 0 saturated heterocycles. The van der Waals surface area contributed by atoms with Gasteiger partial charge in [-0.2, -0.15) is 0 Å².